The van der Waals surface area contributed by atoms with Crippen LogP contribution in [0.5, 0.6) is 5.75 Å². The van der Waals surface area contributed by atoms with Crippen molar-refractivity contribution in [1.29, 1.82) is 0 Å². The van der Waals surface area contributed by atoms with E-state index < -0.39 is 20.1 Å². The molecular weight excluding hydrogens is 414 g/mol. The fourth-order valence-corrected chi connectivity index (χ4v) is 5.46. The van der Waals surface area contributed by atoms with E-state index in [4.69, 9.17) is 8.60 Å². The lowest BCUT2D eigenvalue weighted by molar-refractivity contribution is 0.485. The molecule has 1 aliphatic carbocycles. The minimum Gasteiger partial charge on any atom is -0.461 e. The second-order valence-electron chi connectivity index (χ2n) is 7.17. The van der Waals surface area contributed by atoms with Crippen LogP contribution in [0.4, 0.5) is 0 Å². The van der Waals surface area contributed by atoms with Crippen LogP contribution in [0, 0.1) is 0 Å². The van der Waals surface area contributed by atoms with E-state index in [0.29, 0.717) is 5.58 Å². The number of benzene rings is 2. The van der Waals surface area contributed by atoms with Gasteiger partial charge in [-0.1, -0.05) is 6.07 Å². The topological polar surface area (TPSA) is 93.9 Å². The standard InChI is InChI=1S/C20H21NO6S2/c1-21(2)28(22,23)15-6-5-7-16(13-15)29(24,25)27-14-10-11-20-18(12-14)17-8-3-4-9-19(17)26-20/h5-7,10-13H,3-4,8-9H2,1-2H3. The highest BCUT2D eigenvalue weighted by molar-refractivity contribution is 7.89. The fourth-order valence-electron chi connectivity index (χ4n) is 3.47. The molecule has 7 nitrogen and oxygen atoms in total. The summed E-state index contributed by atoms with van der Waals surface area (Å²) < 4.78 is 62.3. The first kappa shape index (κ1) is 19.9. The van der Waals surface area contributed by atoms with Gasteiger partial charge in [0.2, 0.25) is 10.0 Å². The number of aryl methyl sites for hydroxylation is 2. The zero-order chi connectivity index (χ0) is 20.8. The third-order valence-electron chi connectivity index (χ3n) is 5.01. The molecule has 0 atom stereocenters. The predicted molar refractivity (Wildman–Crippen MR) is 108 cm³/mol. The minimum absolute atomic E-state index is 0.119. The molecule has 0 amide bonds. The van der Waals surface area contributed by atoms with Crippen molar-refractivity contribution in [2.24, 2.45) is 0 Å². The van der Waals surface area contributed by atoms with Crippen LogP contribution in [0.1, 0.15) is 24.2 Å². The molecule has 0 N–H and O–H groups in total. The second-order valence-corrected chi connectivity index (χ2v) is 10.9. The van der Waals surface area contributed by atoms with Gasteiger partial charge in [0.25, 0.3) is 0 Å². The number of furan rings is 1. The van der Waals surface area contributed by atoms with Crippen LogP contribution in [0.25, 0.3) is 11.0 Å². The summed E-state index contributed by atoms with van der Waals surface area (Å²) in [4.78, 5) is -0.346. The van der Waals surface area contributed by atoms with E-state index in [-0.39, 0.29) is 15.5 Å². The van der Waals surface area contributed by atoms with Gasteiger partial charge < -0.3 is 8.60 Å². The summed E-state index contributed by atoms with van der Waals surface area (Å²) in [7, 11) is -5.21. The summed E-state index contributed by atoms with van der Waals surface area (Å²) in [6.45, 7) is 0. The number of sulfonamides is 1. The van der Waals surface area contributed by atoms with Gasteiger partial charge in [0, 0.05) is 31.5 Å². The molecule has 1 aliphatic rings. The maximum absolute atomic E-state index is 12.8. The van der Waals surface area contributed by atoms with Crippen molar-refractivity contribution >= 4 is 31.1 Å². The molecule has 29 heavy (non-hydrogen) atoms. The van der Waals surface area contributed by atoms with Crippen LogP contribution in [0.3, 0.4) is 0 Å². The third kappa shape index (κ3) is 3.65. The first-order chi connectivity index (χ1) is 13.7. The normalized spacial score (nSPS) is 14.9. The molecule has 2 aromatic carbocycles. The van der Waals surface area contributed by atoms with Gasteiger partial charge in [0.1, 0.15) is 22.0 Å². The van der Waals surface area contributed by atoms with Gasteiger partial charge in [-0.25, -0.2) is 12.7 Å². The monoisotopic (exact) mass is 435 g/mol. The SMILES string of the molecule is CN(C)S(=O)(=O)c1cccc(S(=O)(=O)Oc2ccc3oc4c(c3c2)CCCC4)c1. The highest BCUT2D eigenvalue weighted by Gasteiger charge is 2.24. The van der Waals surface area contributed by atoms with Crippen molar-refractivity contribution < 1.29 is 25.4 Å². The van der Waals surface area contributed by atoms with E-state index >= 15 is 0 Å². The van der Waals surface area contributed by atoms with E-state index in [1.165, 1.54) is 38.4 Å². The van der Waals surface area contributed by atoms with E-state index in [9.17, 15) is 16.8 Å². The Morgan fingerprint density at radius 3 is 2.41 bits per heavy atom. The van der Waals surface area contributed by atoms with E-state index in [1.807, 2.05) is 0 Å². The van der Waals surface area contributed by atoms with Crippen molar-refractivity contribution in [3.8, 4) is 5.75 Å². The van der Waals surface area contributed by atoms with E-state index in [2.05, 4.69) is 0 Å². The number of rotatable bonds is 5. The lowest BCUT2D eigenvalue weighted by atomic mass is 9.96. The Kier molecular flexibility index (Phi) is 4.92. The molecule has 1 heterocycles. The molecule has 0 saturated heterocycles. The minimum atomic E-state index is -4.21. The van der Waals surface area contributed by atoms with Gasteiger partial charge in [0.15, 0.2) is 0 Å². The van der Waals surface area contributed by atoms with Gasteiger partial charge in [-0.3, -0.25) is 0 Å². The van der Waals surface area contributed by atoms with Gasteiger partial charge in [-0.05, 0) is 55.7 Å². The molecule has 0 bridgehead atoms. The Morgan fingerprint density at radius 2 is 1.66 bits per heavy atom. The Bertz CT molecular complexity index is 1290. The molecule has 0 radical (unpaired) electrons. The number of nitrogens with zero attached hydrogens (tertiary/aromatic N) is 1. The van der Waals surface area contributed by atoms with Crippen LogP contribution < -0.4 is 4.18 Å². The number of hydrogen-bond donors (Lipinski definition) is 0. The Morgan fingerprint density at radius 1 is 0.931 bits per heavy atom. The summed E-state index contributed by atoms with van der Waals surface area (Å²) >= 11 is 0. The molecule has 4 rings (SSSR count). The van der Waals surface area contributed by atoms with E-state index in [0.717, 1.165) is 52.8 Å². The third-order valence-corrected chi connectivity index (χ3v) is 8.06. The van der Waals surface area contributed by atoms with Gasteiger partial charge in [-0.2, -0.15) is 8.42 Å². The molecular formula is C20H21NO6S2. The van der Waals surface area contributed by atoms with Crippen LogP contribution in [0.15, 0.2) is 56.7 Å². The molecule has 1 aromatic heterocycles. The predicted octanol–water partition coefficient (Wildman–Crippen LogP) is 3.33. The molecule has 0 unspecified atom stereocenters. The quantitative estimate of drug-likeness (QED) is 0.571. The summed E-state index contributed by atoms with van der Waals surface area (Å²) in [5, 5.41) is 0.858. The Balaban J connectivity index is 1.69. The van der Waals surface area contributed by atoms with Crippen molar-refractivity contribution in [2.75, 3.05) is 14.1 Å². The van der Waals surface area contributed by atoms with Crippen LogP contribution >= 0.6 is 0 Å². The Hall–Kier alpha value is -2.36. The van der Waals surface area contributed by atoms with Gasteiger partial charge in [0.05, 0.1) is 4.90 Å². The van der Waals surface area contributed by atoms with Crippen molar-refractivity contribution in [1.82, 2.24) is 4.31 Å². The van der Waals surface area contributed by atoms with E-state index in [1.54, 1.807) is 12.1 Å². The maximum atomic E-state index is 12.8. The summed E-state index contributed by atoms with van der Waals surface area (Å²) in [5.74, 6) is 1.11. The fraction of sp³-hybridized carbons (Fsp3) is 0.300. The second kappa shape index (κ2) is 7.16. The summed E-state index contributed by atoms with van der Waals surface area (Å²) in [5.41, 5.74) is 1.81. The zero-order valence-corrected chi connectivity index (χ0v) is 17.7. The molecule has 9 heteroatoms. The van der Waals surface area contributed by atoms with Crippen LogP contribution in [-0.4, -0.2) is 35.2 Å². The molecule has 0 aliphatic heterocycles. The summed E-state index contributed by atoms with van der Waals surface area (Å²) in [6.07, 6.45) is 3.92. The molecule has 0 saturated carbocycles. The van der Waals surface area contributed by atoms with Crippen molar-refractivity contribution in [2.45, 2.75) is 35.5 Å². The first-order valence-electron chi connectivity index (χ1n) is 9.20. The Labute approximate surface area is 170 Å². The molecule has 0 spiro atoms. The number of fused-ring (bicyclic) bond motifs is 3. The molecule has 3 aromatic rings. The smallest absolute Gasteiger partial charge is 0.339 e. The van der Waals surface area contributed by atoms with Crippen molar-refractivity contribution in [3.05, 3.63) is 53.8 Å². The first-order valence-corrected chi connectivity index (χ1v) is 12.0. The average molecular weight is 436 g/mol. The van der Waals surface area contributed by atoms with Gasteiger partial charge >= 0.3 is 10.1 Å². The lowest BCUT2D eigenvalue weighted by Crippen LogP contribution is -2.22. The number of hydrogen-bond acceptors (Lipinski definition) is 6. The maximum Gasteiger partial charge on any atom is 0.339 e. The highest BCUT2D eigenvalue weighted by Crippen LogP contribution is 2.34. The zero-order valence-electron chi connectivity index (χ0n) is 16.1. The lowest BCUT2D eigenvalue weighted by Gasteiger charge is -2.13. The van der Waals surface area contributed by atoms with Crippen molar-refractivity contribution in [3.63, 3.8) is 0 Å². The summed E-state index contributed by atoms with van der Waals surface area (Å²) in [6, 6.07) is 10.0. The average Bonchev–Trinajstić information content (AvgIpc) is 3.06. The van der Waals surface area contributed by atoms with Gasteiger partial charge in [-0.15, -0.1) is 0 Å². The largest absolute Gasteiger partial charge is 0.461 e. The molecule has 0 fully saturated rings. The molecule has 154 valence electrons. The highest BCUT2D eigenvalue weighted by atomic mass is 32.2. The van der Waals surface area contributed by atoms with Crippen LogP contribution in [-0.2, 0) is 33.0 Å². The van der Waals surface area contributed by atoms with Crippen LogP contribution in [0.2, 0.25) is 0 Å².